The van der Waals surface area contributed by atoms with Gasteiger partial charge in [-0.05, 0) is 52.0 Å². The normalized spacial score (nSPS) is 12.3. The Kier molecular flexibility index (Phi) is 6.88. The number of hydrogen-bond donors (Lipinski definition) is 1. The van der Waals surface area contributed by atoms with Crippen LogP contribution in [0.4, 0.5) is 24.5 Å². The Bertz CT molecular complexity index is 1140. The van der Waals surface area contributed by atoms with E-state index < -0.39 is 60.9 Å². The Labute approximate surface area is 183 Å². The maximum absolute atomic E-state index is 13.3. The van der Waals surface area contributed by atoms with Crippen LogP contribution in [0.15, 0.2) is 47.4 Å². The van der Waals surface area contributed by atoms with Crippen LogP contribution in [0.1, 0.15) is 31.9 Å². The summed E-state index contributed by atoms with van der Waals surface area (Å²) in [7, 11) is -4.64. The van der Waals surface area contributed by atoms with Crippen molar-refractivity contribution in [2.75, 3.05) is 10.8 Å². The van der Waals surface area contributed by atoms with Crippen molar-refractivity contribution in [3.8, 4) is 0 Å². The van der Waals surface area contributed by atoms with E-state index in [0.29, 0.717) is 10.4 Å². The minimum Gasteiger partial charge on any atom is -0.350 e. The van der Waals surface area contributed by atoms with E-state index in [-0.39, 0.29) is 5.56 Å². The van der Waals surface area contributed by atoms with E-state index in [4.69, 9.17) is 0 Å². The summed E-state index contributed by atoms with van der Waals surface area (Å²) in [6.45, 7) is 5.53. The van der Waals surface area contributed by atoms with E-state index in [1.807, 2.05) is 0 Å². The first-order valence-corrected chi connectivity index (χ1v) is 10.7. The summed E-state index contributed by atoms with van der Waals surface area (Å²) in [6.07, 6.45) is -4.75. The van der Waals surface area contributed by atoms with Gasteiger partial charge in [0.25, 0.3) is 15.7 Å². The molecule has 0 saturated heterocycles. The number of rotatable bonds is 6. The molecule has 12 heteroatoms. The molecule has 2 aromatic rings. The summed E-state index contributed by atoms with van der Waals surface area (Å²) in [5, 5.41) is 13.8. The fourth-order valence-corrected chi connectivity index (χ4v) is 4.25. The van der Waals surface area contributed by atoms with E-state index in [1.165, 1.54) is 13.0 Å². The molecular weight excluding hydrogens is 451 g/mol. The van der Waals surface area contributed by atoms with Crippen LogP contribution in [0.25, 0.3) is 0 Å². The van der Waals surface area contributed by atoms with Gasteiger partial charge in [0.2, 0.25) is 5.91 Å². The fourth-order valence-electron chi connectivity index (χ4n) is 2.81. The standard InChI is InChI=1S/C20H22F3N3O5S/c1-13-8-9-16(11-17(13)26(28)29)32(30,31)25(12-18(27)24-19(2,3)4)15-7-5-6-14(10-15)20(21,22)23/h5-11H,12H2,1-4H3,(H,24,27). The zero-order valence-corrected chi connectivity index (χ0v) is 18.5. The molecule has 32 heavy (non-hydrogen) atoms. The lowest BCUT2D eigenvalue weighted by Gasteiger charge is -2.27. The molecule has 0 radical (unpaired) electrons. The van der Waals surface area contributed by atoms with Crippen molar-refractivity contribution in [3.05, 3.63) is 63.7 Å². The Morgan fingerprint density at radius 2 is 1.75 bits per heavy atom. The van der Waals surface area contributed by atoms with Crippen LogP contribution in [0.5, 0.6) is 0 Å². The first-order valence-electron chi connectivity index (χ1n) is 9.28. The summed E-state index contributed by atoms with van der Waals surface area (Å²) in [4.78, 5) is 22.4. The zero-order valence-electron chi connectivity index (χ0n) is 17.7. The Hall–Kier alpha value is -3.15. The summed E-state index contributed by atoms with van der Waals surface area (Å²) in [5.74, 6) is -0.764. The van der Waals surface area contributed by atoms with Crippen LogP contribution in [0.3, 0.4) is 0 Å². The maximum atomic E-state index is 13.3. The molecule has 0 aliphatic heterocycles. The summed E-state index contributed by atoms with van der Waals surface area (Å²) in [6, 6.07) is 6.61. The number of nitrogens with zero attached hydrogens (tertiary/aromatic N) is 2. The molecule has 0 heterocycles. The van der Waals surface area contributed by atoms with Gasteiger partial charge >= 0.3 is 6.18 Å². The highest BCUT2D eigenvalue weighted by Gasteiger charge is 2.34. The van der Waals surface area contributed by atoms with Gasteiger partial charge in [0.1, 0.15) is 6.54 Å². The Balaban J connectivity index is 2.64. The van der Waals surface area contributed by atoms with E-state index in [2.05, 4.69) is 5.32 Å². The summed E-state index contributed by atoms with van der Waals surface area (Å²) >= 11 is 0. The second kappa shape index (κ2) is 8.77. The number of aryl methyl sites for hydroxylation is 1. The van der Waals surface area contributed by atoms with Gasteiger partial charge in [0.05, 0.1) is 21.1 Å². The van der Waals surface area contributed by atoms with Crippen LogP contribution in [-0.4, -0.2) is 31.3 Å². The molecule has 174 valence electrons. The lowest BCUT2D eigenvalue weighted by molar-refractivity contribution is -0.385. The second-order valence-corrected chi connectivity index (χ2v) is 9.93. The number of sulfonamides is 1. The molecule has 8 nitrogen and oxygen atoms in total. The highest BCUT2D eigenvalue weighted by molar-refractivity contribution is 7.92. The van der Waals surface area contributed by atoms with Gasteiger partial charge in [-0.3, -0.25) is 19.2 Å². The zero-order chi connectivity index (χ0) is 24.5. The van der Waals surface area contributed by atoms with Crippen molar-refractivity contribution < 1.29 is 31.3 Å². The number of benzene rings is 2. The Morgan fingerprint density at radius 1 is 1.12 bits per heavy atom. The van der Waals surface area contributed by atoms with Crippen LogP contribution in [0, 0.1) is 17.0 Å². The molecule has 2 aromatic carbocycles. The third-order valence-electron chi connectivity index (χ3n) is 4.23. The first kappa shape index (κ1) is 25.1. The molecule has 0 spiro atoms. The van der Waals surface area contributed by atoms with Crippen LogP contribution >= 0.6 is 0 Å². The molecule has 0 aromatic heterocycles. The second-order valence-electron chi connectivity index (χ2n) is 8.06. The quantitative estimate of drug-likeness (QED) is 0.503. The van der Waals surface area contributed by atoms with Crippen molar-refractivity contribution in [2.45, 2.75) is 44.3 Å². The molecule has 0 bridgehead atoms. The highest BCUT2D eigenvalue weighted by atomic mass is 32.2. The number of halogens is 3. The summed E-state index contributed by atoms with van der Waals surface area (Å²) < 4.78 is 66.7. The first-order chi connectivity index (χ1) is 14.5. The number of carbonyl (C=O) groups is 1. The lowest BCUT2D eigenvalue weighted by atomic mass is 10.1. The number of nitro groups is 1. The number of anilines is 1. The minimum atomic E-state index is -4.75. The average Bonchev–Trinajstić information content (AvgIpc) is 2.64. The molecule has 1 N–H and O–H groups in total. The van der Waals surface area contributed by atoms with E-state index in [0.717, 1.165) is 30.3 Å². The number of nitro benzene ring substituents is 1. The monoisotopic (exact) mass is 473 g/mol. The Morgan fingerprint density at radius 3 is 2.28 bits per heavy atom. The molecule has 0 aliphatic carbocycles. The van der Waals surface area contributed by atoms with E-state index in [1.54, 1.807) is 20.8 Å². The predicted molar refractivity (Wildman–Crippen MR) is 112 cm³/mol. The van der Waals surface area contributed by atoms with Gasteiger partial charge in [0.15, 0.2) is 0 Å². The lowest BCUT2D eigenvalue weighted by Crippen LogP contribution is -2.47. The van der Waals surface area contributed by atoms with Crippen LogP contribution < -0.4 is 9.62 Å². The van der Waals surface area contributed by atoms with Crippen molar-refractivity contribution in [1.82, 2.24) is 5.32 Å². The van der Waals surface area contributed by atoms with E-state index in [9.17, 15) is 36.5 Å². The maximum Gasteiger partial charge on any atom is 0.416 e. The van der Waals surface area contributed by atoms with Crippen molar-refractivity contribution in [3.63, 3.8) is 0 Å². The van der Waals surface area contributed by atoms with Gasteiger partial charge in [0, 0.05) is 17.2 Å². The average molecular weight is 473 g/mol. The number of amides is 1. The topological polar surface area (TPSA) is 110 Å². The third kappa shape index (κ3) is 5.96. The van der Waals surface area contributed by atoms with Crippen LogP contribution in [0.2, 0.25) is 0 Å². The van der Waals surface area contributed by atoms with Gasteiger partial charge in [-0.15, -0.1) is 0 Å². The van der Waals surface area contributed by atoms with Gasteiger partial charge < -0.3 is 5.32 Å². The number of carbonyl (C=O) groups excluding carboxylic acids is 1. The van der Waals surface area contributed by atoms with Crippen LogP contribution in [-0.2, 0) is 21.0 Å². The SMILES string of the molecule is Cc1ccc(S(=O)(=O)N(CC(=O)NC(C)(C)C)c2cccc(C(F)(F)F)c2)cc1[N+](=O)[O-]. The molecule has 0 saturated carbocycles. The van der Waals surface area contributed by atoms with Crippen molar-refractivity contribution in [1.29, 1.82) is 0 Å². The molecule has 0 unspecified atom stereocenters. The molecule has 1 amide bonds. The van der Waals surface area contributed by atoms with Crippen molar-refractivity contribution >= 4 is 27.3 Å². The number of hydrogen-bond acceptors (Lipinski definition) is 5. The molecule has 0 fully saturated rings. The number of nitrogens with one attached hydrogen (secondary N) is 1. The van der Waals surface area contributed by atoms with Gasteiger partial charge in [-0.1, -0.05) is 12.1 Å². The predicted octanol–water partition coefficient (Wildman–Crippen LogP) is 4.03. The smallest absolute Gasteiger partial charge is 0.350 e. The largest absolute Gasteiger partial charge is 0.416 e. The number of alkyl halides is 3. The van der Waals surface area contributed by atoms with Crippen molar-refractivity contribution in [2.24, 2.45) is 0 Å². The third-order valence-corrected chi connectivity index (χ3v) is 6.00. The molecule has 2 rings (SSSR count). The highest BCUT2D eigenvalue weighted by Crippen LogP contribution is 2.34. The van der Waals surface area contributed by atoms with Gasteiger partial charge in [-0.25, -0.2) is 8.42 Å². The molecule has 0 aliphatic rings. The fraction of sp³-hybridized carbons (Fsp3) is 0.350. The van der Waals surface area contributed by atoms with E-state index >= 15 is 0 Å². The molecular formula is C20H22F3N3O5S. The van der Waals surface area contributed by atoms with Gasteiger partial charge in [-0.2, -0.15) is 13.2 Å². The summed E-state index contributed by atoms with van der Waals surface area (Å²) in [5.41, 5.74) is -2.53. The molecule has 0 atom stereocenters. The minimum absolute atomic E-state index is 0.199.